The summed E-state index contributed by atoms with van der Waals surface area (Å²) in [7, 11) is 0. The third kappa shape index (κ3) is 3.69. The first kappa shape index (κ1) is 18.0. The number of fused-ring (bicyclic) bond motifs is 2. The molecule has 0 aliphatic carbocycles. The van der Waals surface area contributed by atoms with Crippen molar-refractivity contribution in [3.05, 3.63) is 72.3 Å². The molecule has 0 bridgehead atoms. The maximum Gasteiger partial charge on any atom is 0.265 e. The van der Waals surface area contributed by atoms with Gasteiger partial charge in [-0.2, -0.15) is 0 Å². The molecular formula is C23H22N2O3. The van der Waals surface area contributed by atoms with Gasteiger partial charge >= 0.3 is 0 Å². The van der Waals surface area contributed by atoms with Gasteiger partial charge in [-0.3, -0.25) is 9.59 Å². The first-order valence-corrected chi connectivity index (χ1v) is 9.42. The summed E-state index contributed by atoms with van der Waals surface area (Å²) in [6, 6.07) is 21.6. The molecule has 0 aromatic heterocycles. The zero-order chi connectivity index (χ0) is 19.5. The Morgan fingerprint density at radius 2 is 1.82 bits per heavy atom. The van der Waals surface area contributed by atoms with Crippen molar-refractivity contribution in [2.75, 3.05) is 18.1 Å². The Kier molecular flexibility index (Phi) is 4.98. The molecule has 2 amide bonds. The standard InChI is InChI=1S/C23H22N2O3/c1-16(18-11-10-17-6-2-3-7-19(17)14-18)24-22(26)12-13-25-20-8-4-5-9-21(20)28-15-23(25)27/h2-11,14,16H,12-13,15H2,1H3,(H,24,26). The molecule has 4 rings (SSSR count). The SMILES string of the molecule is CC(NC(=O)CCN1C(=O)COc2ccccc21)c1ccc2ccccc2c1. The molecule has 0 spiro atoms. The molecule has 1 aliphatic heterocycles. The van der Waals surface area contributed by atoms with E-state index in [9.17, 15) is 9.59 Å². The lowest BCUT2D eigenvalue weighted by Crippen LogP contribution is -2.41. The van der Waals surface area contributed by atoms with Crippen LogP contribution in [0, 0.1) is 0 Å². The Labute approximate surface area is 163 Å². The molecule has 1 heterocycles. The first-order chi connectivity index (χ1) is 13.6. The van der Waals surface area contributed by atoms with E-state index in [0.29, 0.717) is 18.0 Å². The van der Waals surface area contributed by atoms with Crippen molar-refractivity contribution in [3.8, 4) is 5.75 Å². The molecule has 1 aliphatic rings. The average molecular weight is 374 g/mol. The van der Waals surface area contributed by atoms with Crippen LogP contribution in [0.2, 0.25) is 0 Å². The zero-order valence-electron chi connectivity index (χ0n) is 15.7. The third-order valence-corrected chi connectivity index (χ3v) is 5.02. The van der Waals surface area contributed by atoms with E-state index in [0.717, 1.165) is 10.9 Å². The highest BCUT2D eigenvalue weighted by atomic mass is 16.5. The van der Waals surface area contributed by atoms with E-state index in [-0.39, 0.29) is 30.9 Å². The molecule has 1 atom stereocenters. The van der Waals surface area contributed by atoms with Gasteiger partial charge in [-0.15, -0.1) is 0 Å². The predicted molar refractivity (Wildman–Crippen MR) is 109 cm³/mol. The number of ether oxygens (including phenoxy) is 1. The predicted octanol–water partition coefficient (Wildman–Crippen LogP) is 3.83. The number of anilines is 1. The van der Waals surface area contributed by atoms with Crippen molar-refractivity contribution in [1.82, 2.24) is 5.32 Å². The minimum absolute atomic E-state index is 0.00608. The summed E-state index contributed by atoms with van der Waals surface area (Å²) >= 11 is 0. The average Bonchev–Trinajstić information content (AvgIpc) is 2.72. The Morgan fingerprint density at radius 1 is 1.07 bits per heavy atom. The molecule has 5 nitrogen and oxygen atoms in total. The highest BCUT2D eigenvalue weighted by molar-refractivity contribution is 5.98. The van der Waals surface area contributed by atoms with Crippen molar-refractivity contribution in [2.24, 2.45) is 0 Å². The molecular weight excluding hydrogens is 352 g/mol. The van der Waals surface area contributed by atoms with E-state index < -0.39 is 0 Å². The minimum Gasteiger partial charge on any atom is -0.482 e. The van der Waals surface area contributed by atoms with Gasteiger partial charge in [0.05, 0.1) is 11.7 Å². The number of carbonyl (C=O) groups is 2. The molecule has 0 fully saturated rings. The number of carbonyl (C=O) groups excluding carboxylic acids is 2. The Morgan fingerprint density at radius 3 is 2.68 bits per heavy atom. The summed E-state index contributed by atoms with van der Waals surface area (Å²) < 4.78 is 5.44. The maximum absolute atomic E-state index is 12.5. The highest BCUT2D eigenvalue weighted by Gasteiger charge is 2.25. The Balaban J connectivity index is 1.39. The highest BCUT2D eigenvalue weighted by Crippen LogP contribution is 2.31. The van der Waals surface area contributed by atoms with Crippen LogP contribution in [0.25, 0.3) is 10.8 Å². The molecule has 3 aromatic rings. The van der Waals surface area contributed by atoms with Crippen LogP contribution in [-0.2, 0) is 9.59 Å². The number of hydrogen-bond donors (Lipinski definition) is 1. The second-order valence-corrected chi connectivity index (χ2v) is 6.95. The van der Waals surface area contributed by atoms with Gasteiger partial charge in [0, 0.05) is 13.0 Å². The lowest BCUT2D eigenvalue weighted by Gasteiger charge is -2.29. The number of nitrogens with zero attached hydrogens (tertiary/aromatic N) is 1. The van der Waals surface area contributed by atoms with E-state index in [1.165, 1.54) is 5.39 Å². The van der Waals surface area contributed by atoms with Crippen molar-refractivity contribution in [1.29, 1.82) is 0 Å². The first-order valence-electron chi connectivity index (χ1n) is 9.42. The van der Waals surface area contributed by atoms with Crippen LogP contribution in [0.4, 0.5) is 5.69 Å². The Bertz CT molecular complexity index is 1030. The monoisotopic (exact) mass is 374 g/mol. The van der Waals surface area contributed by atoms with E-state index >= 15 is 0 Å². The maximum atomic E-state index is 12.5. The Hall–Kier alpha value is -3.34. The fourth-order valence-corrected chi connectivity index (χ4v) is 3.49. The molecule has 1 N–H and O–H groups in total. The molecule has 142 valence electrons. The molecule has 0 saturated heterocycles. The van der Waals surface area contributed by atoms with Crippen molar-refractivity contribution < 1.29 is 14.3 Å². The minimum atomic E-state index is -0.130. The quantitative estimate of drug-likeness (QED) is 0.738. The van der Waals surface area contributed by atoms with Gasteiger partial charge in [-0.25, -0.2) is 0 Å². The lowest BCUT2D eigenvalue weighted by molar-refractivity contribution is -0.122. The van der Waals surface area contributed by atoms with Crippen LogP contribution in [-0.4, -0.2) is 25.0 Å². The van der Waals surface area contributed by atoms with Crippen LogP contribution >= 0.6 is 0 Å². The number of para-hydroxylation sites is 2. The van der Waals surface area contributed by atoms with Crippen LogP contribution in [0.3, 0.4) is 0 Å². The van der Waals surface area contributed by atoms with Crippen LogP contribution in [0.5, 0.6) is 5.75 Å². The van der Waals surface area contributed by atoms with Gasteiger partial charge in [0.15, 0.2) is 6.61 Å². The van der Waals surface area contributed by atoms with Gasteiger partial charge in [0.25, 0.3) is 5.91 Å². The fraction of sp³-hybridized carbons (Fsp3) is 0.217. The van der Waals surface area contributed by atoms with Gasteiger partial charge in [0.2, 0.25) is 5.91 Å². The van der Waals surface area contributed by atoms with Crippen LogP contribution in [0.15, 0.2) is 66.7 Å². The second kappa shape index (κ2) is 7.72. The largest absolute Gasteiger partial charge is 0.482 e. The molecule has 0 saturated carbocycles. The summed E-state index contributed by atoms with van der Waals surface area (Å²) in [4.78, 5) is 26.3. The summed E-state index contributed by atoms with van der Waals surface area (Å²) in [5.41, 5.74) is 1.77. The number of benzene rings is 3. The number of amides is 2. The normalized spacial score (nSPS) is 14.3. The van der Waals surface area contributed by atoms with Crippen molar-refractivity contribution in [3.63, 3.8) is 0 Å². The fourth-order valence-electron chi connectivity index (χ4n) is 3.49. The molecule has 3 aromatic carbocycles. The molecule has 28 heavy (non-hydrogen) atoms. The summed E-state index contributed by atoms with van der Waals surface area (Å²) in [6.07, 6.45) is 0.234. The second-order valence-electron chi connectivity index (χ2n) is 6.95. The van der Waals surface area contributed by atoms with E-state index in [4.69, 9.17) is 4.74 Å². The smallest absolute Gasteiger partial charge is 0.265 e. The number of hydrogen-bond acceptors (Lipinski definition) is 3. The van der Waals surface area contributed by atoms with Gasteiger partial charge in [-0.1, -0.05) is 48.5 Å². The molecule has 1 unspecified atom stereocenters. The number of rotatable bonds is 5. The van der Waals surface area contributed by atoms with E-state index in [2.05, 4.69) is 29.6 Å². The molecule has 0 radical (unpaired) electrons. The summed E-state index contributed by atoms with van der Waals surface area (Å²) in [6.45, 7) is 2.30. The number of nitrogens with one attached hydrogen (secondary N) is 1. The van der Waals surface area contributed by atoms with Gasteiger partial charge < -0.3 is 15.0 Å². The van der Waals surface area contributed by atoms with Crippen LogP contribution in [0.1, 0.15) is 24.9 Å². The third-order valence-electron chi connectivity index (χ3n) is 5.02. The van der Waals surface area contributed by atoms with Gasteiger partial charge in [0.1, 0.15) is 5.75 Å². The van der Waals surface area contributed by atoms with Gasteiger partial charge in [-0.05, 0) is 41.5 Å². The van der Waals surface area contributed by atoms with Crippen LogP contribution < -0.4 is 15.0 Å². The van der Waals surface area contributed by atoms with Crippen molar-refractivity contribution in [2.45, 2.75) is 19.4 Å². The zero-order valence-corrected chi connectivity index (χ0v) is 15.7. The summed E-state index contributed by atoms with van der Waals surface area (Å²) in [5, 5.41) is 5.36. The van der Waals surface area contributed by atoms with E-state index in [1.54, 1.807) is 4.90 Å². The summed E-state index contributed by atoms with van der Waals surface area (Å²) in [5.74, 6) is 0.457. The lowest BCUT2D eigenvalue weighted by atomic mass is 10.0. The van der Waals surface area contributed by atoms with E-state index in [1.807, 2.05) is 49.4 Å². The van der Waals surface area contributed by atoms with Crippen molar-refractivity contribution >= 4 is 28.3 Å². The molecule has 5 heteroatoms. The topological polar surface area (TPSA) is 58.6 Å².